The summed E-state index contributed by atoms with van der Waals surface area (Å²) in [6.07, 6.45) is 5.54. The molecule has 3 saturated carbocycles. The number of aliphatic hydroxyl groups excluding tert-OH is 1. The second kappa shape index (κ2) is 6.74. The molecule has 0 radical (unpaired) electrons. The summed E-state index contributed by atoms with van der Waals surface area (Å²) in [4.78, 5) is 36.0. The number of aliphatic hydroxyl groups is 2. The minimum Gasteiger partial charge on any atom is -0.458 e. The first-order chi connectivity index (χ1) is 13.5. The Balaban J connectivity index is 1.65. The molecule has 6 nitrogen and oxygen atoms in total. The van der Waals surface area contributed by atoms with Gasteiger partial charge in [-0.1, -0.05) is 19.4 Å². The number of allylic oxidation sites excluding steroid dienone is 1. The zero-order chi connectivity index (χ0) is 21.2. The maximum atomic E-state index is 12.9. The molecule has 6 heteroatoms. The van der Waals surface area contributed by atoms with Gasteiger partial charge >= 0.3 is 5.97 Å². The van der Waals surface area contributed by atoms with Crippen molar-refractivity contribution >= 4 is 17.5 Å². The van der Waals surface area contributed by atoms with E-state index in [-0.39, 0.29) is 29.0 Å². The fraction of sp³-hybridized carbons (Fsp3) is 0.783. The minimum atomic E-state index is -1.58. The molecule has 0 aromatic carbocycles. The maximum Gasteiger partial charge on any atom is 0.303 e. The Morgan fingerprint density at radius 3 is 2.62 bits per heavy atom. The predicted molar refractivity (Wildman–Crippen MR) is 105 cm³/mol. The van der Waals surface area contributed by atoms with Gasteiger partial charge in [-0.15, -0.1) is 0 Å². The number of fused-ring (bicyclic) bond motifs is 5. The number of ether oxygens (including phenoxy) is 1. The third-order valence-corrected chi connectivity index (χ3v) is 8.92. The van der Waals surface area contributed by atoms with E-state index >= 15 is 0 Å². The molecule has 160 valence electrons. The Labute approximate surface area is 171 Å². The number of hydrogen-bond donors (Lipinski definition) is 2. The van der Waals surface area contributed by atoms with E-state index in [2.05, 4.69) is 6.92 Å². The van der Waals surface area contributed by atoms with Crippen molar-refractivity contribution in [2.24, 2.45) is 28.6 Å². The number of ketones is 2. The highest BCUT2D eigenvalue weighted by Gasteiger charge is 2.68. The van der Waals surface area contributed by atoms with Gasteiger partial charge in [0.25, 0.3) is 0 Å². The molecular weight excluding hydrogens is 372 g/mol. The van der Waals surface area contributed by atoms with Crippen LogP contribution in [0.5, 0.6) is 0 Å². The van der Waals surface area contributed by atoms with Gasteiger partial charge in [-0.3, -0.25) is 14.4 Å². The average molecular weight is 405 g/mol. The smallest absolute Gasteiger partial charge is 0.303 e. The van der Waals surface area contributed by atoms with E-state index in [4.69, 9.17) is 4.74 Å². The van der Waals surface area contributed by atoms with Crippen molar-refractivity contribution in [3.05, 3.63) is 11.6 Å². The molecule has 29 heavy (non-hydrogen) atoms. The third-order valence-electron chi connectivity index (χ3n) is 8.92. The van der Waals surface area contributed by atoms with Gasteiger partial charge < -0.3 is 14.9 Å². The minimum absolute atomic E-state index is 0.0413. The lowest BCUT2D eigenvalue weighted by Gasteiger charge is -2.60. The molecular formula is C23H32O6. The molecule has 0 aromatic heterocycles. The molecule has 0 spiro atoms. The summed E-state index contributed by atoms with van der Waals surface area (Å²) in [5, 5.41) is 22.8. The van der Waals surface area contributed by atoms with Crippen molar-refractivity contribution in [3.8, 4) is 0 Å². The van der Waals surface area contributed by atoms with Gasteiger partial charge in [0.05, 0.1) is 6.10 Å². The van der Waals surface area contributed by atoms with Crippen molar-refractivity contribution in [1.82, 2.24) is 0 Å². The van der Waals surface area contributed by atoms with Crippen LogP contribution in [0.25, 0.3) is 0 Å². The van der Waals surface area contributed by atoms with E-state index in [0.717, 1.165) is 31.3 Å². The molecule has 4 aliphatic rings. The molecule has 0 aliphatic heterocycles. The summed E-state index contributed by atoms with van der Waals surface area (Å²) in [5.41, 5.74) is -1.36. The fourth-order valence-electron chi connectivity index (χ4n) is 7.44. The SMILES string of the molecule is CC(=O)OCC(=O)[C@]1(O)CC[C@@H]2[C@@H]3CCC4=CC(=O)CC[C@]4(C)[C@@H]3[C@H](O)C[C@@]21C. The van der Waals surface area contributed by atoms with E-state index in [1.54, 1.807) is 6.08 Å². The lowest BCUT2D eigenvalue weighted by molar-refractivity contribution is -0.184. The highest BCUT2D eigenvalue weighted by atomic mass is 16.5. The molecule has 0 aromatic rings. The topological polar surface area (TPSA) is 101 Å². The molecule has 0 heterocycles. The average Bonchev–Trinajstić information content (AvgIpc) is 2.91. The first-order valence-corrected chi connectivity index (χ1v) is 10.8. The fourth-order valence-corrected chi connectivity index (χ4v) is 7.44. The summed E-state index contributed by atoms with van der Waals surface area (Å²) in [6, 6.07) is 0. The monoisotopic (exact) mass is 404 g/mol. The second-order valence-electron chi connectivity index (χ2n) is 10.2. The number of carbonyl (C=O) groups is 3. The van der Waals surface area contributed by atoms with Crippen LogP contribution in [0.4, 0.5) is 0 Å². The van der Waals surface area contributed by atoms with Gasteiger partial charge in [-0.2, -0.15) is 0 Å². The van der Waals surface area contributed by atoms with Gasteiger partial charge in [0.1, 0.15) is 5.60 Å². The number of Topliss-reactive ketones (excluding diaryl/α,β-unsaturated/α-hetero) is 1. The molecule has 0 amide bonds. The van der Waals surface area contributed by atoms with E-state index in [1.807, 2.05) is 6.92 Å². The molecule has 3 fully saturated rings. The van der Waals surface area contributed by atoms with Crippen LogP contribution in [-0.2, 0) is 19.1 Å². The molecule has 0 saturated heterocycles. The Kier molecular flexibility index (Phi) is 4.82. The van der Waals surface area contributed by atoms with E-state index < -0.39 is 35.5 Å². The van der Waals surface area contributed by atoms with Crippen LogP contribution >= 0.6 is 0 Å². The van der Waals surface area contributed by atoms with E-state index in [0.29, 0.717) is 19.3 Å². The van der Waals surface area contributed by atoms with Crippen molar-refractivity contribution < 1.29 is 29.3 Å². The van der Waals surface area contributed by atoms with Gasteiger partial charge in [0.15, 0.2) is 12.4 Å². The lowest BCUT2D eigenvalue weighted by atomic mass is 9.45. The third kappa shape index (κ3) is 2.86. The quantitative estimate of drug-likeness (QED) is 0.701. The summed E-state index contributed by atoms with van der Waals surface area (Å²) >= 11 is 0. The number of hydrogen-bond acceptors (Lipinski definition) is 6. The van der Waals surface area contributed by atoms with Crippen LogP contribution < -0.4 is 0 Å². The predicted octanol–water partition coefficient (Wildman–Crippen LogP) is 2.35. The molecule has 7 atom stereocenters. The highest BCUT2D eigenvalue weighted by Crippen LogP contribution is 2.67. The Morgan fingerprint density at radius 1 is 1.21 bits per heavy atom. The van der Waals surface area contributed by atoms with Gasteiger partial charge in [0, 0.05) is 18.8 Å². The molecule has 2 N–H and O–H groups in total. The summed E-state index contributed by atoms with van der Waals surface area (Å²) < 4.78 is 4.89. The lowest BCUT2D eigenvalue weighted by Crippen LogP contribution is -2.62. The van der Waals surface area contributed by atoms with Gasteiger partial charge in [0.2, 0.25) is 5.78 Å². The van der Waals surface area contributed by atoms with Crippen LogP contribution in [0.15, 0.2) is 11.6 Å². The van der Waals surface area contributed by atoms with Crippen LogP contribution in [0.3, 0.4) is 0 Å². The first kappa shape index (κ1) is 20.7. The zero-order valence-corrected chi connectivity index (χ0v) is 17.6. The highest BCUT2D eigenvalue weighted by molar-refractivity contribution is 5.92. The van der Waals surface area contributed by atoms with Crippen LogP contribution in [0.1, 0.15) is 65.7 Å². The first-order valence-electron chi connectivity index (χ1n) is 10.8. The second-order valence-corrected chi connectivity index (χ2v) is 10.2. The Bertz CT molecular complexity index is 786. The summed E-state index contributed by atoms with van der Waals surface area (Å²) in [5.74, 6) is -0.462. The summed E-state index contributed by atoms with van der Waals surface area (Å²) in [6.45, 7) is 4.92. The van der Waals surface area contributed by atoms with Gasteiger partial charge in [-0.25, -0.2) is 0 Å². The van der Waals surface area contributed by atoms with Crippen molar-refractivity contribution in [2.45, 2.75) is 77.4 Å². The largest absolute Gasteiger partial charge is 0.458 e. The van der Waals surface area contributed by atoms with Gasteiger partial charge in [-0.05, 0) is 67.8 Å². The maximum absolute atomic E-state index is 12.9. The summed E-state index contributed by atoms with van der Waals surface area (Å²) in [7, 11) is 0. The number of esters is 1. The van der Waals surface area contributed by atoms with E-state index in [9.17, 15) is 24.6 Å². The Hall–Kier alpha value is -1.53. The van der Waals surface area contributed by atoms with Crippen LogP contribution in [0.2, 0.25) is 0 Å². The zero-order valence-electron chi connectivity index (χ0n) is 17.6. The molecule has 4 rings (SSSR count). The molecule has 0 bridgehead atoms. The van der Waals surface area contributed by atoms with E-state index in [1.165, 1.54) is 6.92 Å². The standard InChI is InChI=1S/C23H32O6/c1-13(24)29-12-19(27)23(28)9-7-17-16-5-4-14-10-15(25)6-8-21(14,2)20(16)18(26)11-22(17,23)3/h10,16-18,20,26,28H,4-9,11-12H2,1-3H3/t16-,17+,18+,20-,21-,22-,23+/m0/s1. The van der Waals surface area contributed by atoms with Crippen molar-refractivity contribution in [3.63, 3.8) is 0 Å². The number of carbonyl (C=O) groups excluding carboxylic acids is 3. The molecule has 4 aliphatic carbocycles. The van der Waals surface area contributed by atoms with Crippen LogP contribution in [-0.4, -0.2) is 46.1 Å². The molecule has 0 unspecified atom stereocenters. The normalized spacial score (nSPS) is 46.2. The Morgan fingerprint density at radius 2 is 1.93 bits per heavy atom. The number of rotatable bonds is 3. The van der Waals surface area contributed by atoms with Crippen molar-refractivity contribution in [1.29, 1.82) is 0 Å². The van der Waals surface area contributed by atoms with Crippen molar-refractivity contribution in [2.75, 3.05) is 6.61 Å². The van der Waals surface area contributed by atoms with Crippen LogP contribution in [0, 0.1) is 28.6 Å².